The maximum atomic E-state index is 13.5. The van der Waals surface area contributed by atoms with Crippen LogP contribution >= 0.6 is 27.5 Å². The van der Waals surface area contributed by atoms with E-state index in [1.807, 2.05) is 6.92 Å². The van der Waals surface area contributed by atoms with E-state index in [2.05, 4.69) is 21.2 Å². The Morgan fingerprint density at radius 3 is 2.41 bits per heavy atom. The summed E-state index contributed by atoms with van der Waals surface area (Å²) in [5.41, 5.74) is -0.962. The maximum absolute atomic E-state index is 13.5. The first-order chi connectivity index (χ1) is 17.1. The zero-order chi connectivity index (χ0) is 28.0. The molecule has 0 aromatic heterocycles. The van der Waals surface area contributed by atoms with Gasteiger partial charge in [0.05, 0.1) is 22.5 Å². The fraction of sp³-hybridized carbons (Fsp3) is 0.417. The molecule has 1 atom stereocenters. The molecule has 0 aliphatic heterocycles. The van der Waals surface area contributed by atoms with Gasteiger partial charge >= 0.3 is 6.18 Å². The van der Waals surface area contributed by atoms with Crippen LogP contribution < -0.4 is 9.62 Å². The molecule has 204 valence electrons. The zero-order valence-electron chi connectivity index (χ0n) is 20.5. The molecule has 2 aromatic rings. The van der Waals surface area contributed by atoms with Gasteiger partial charge in [-0.25, -0.2) is 8.42 Å². The number of anilines is 1. The van der Waals surface area contributed by atoms with Gasteiger partial charge < -0.3 is 10.2 Å². The van der Waals surface area contributed by atoms with Crippen LogP contribution in [0.2, 0.25) is 5.02 Å². The van der Waals surface area contributed by atoms with Crippen LogP contribution in [0.3, 0.4) is 0 Å². The first-order valence-corrected chi connectivity index (χ1v) is 14.3. The van der Waals surface area contributed by atoms with Gasteiger partial charge in [-0.1, -0.05) is 53.0 Å². The summed E-state index contributed by atoms with van der Waals surface area (Å²) in [4.78, 5) is 27.5. The molecule has 0 aliphatic carbocycles. The Kier molecular flexibility index (Phi) is 10.8. The molecule has 1 unspecified atom stereocenters. The number of amides is 2. The van der Waals surface area contributed by atoms with Gasteiger partial charge in [0, 0.05) is 17.6 Å². The summed E-state index contributed by atoms with van der Waals surface area (Å²) in [5.74, 6) is -1.24. The van der Waals surface area contributed by atoms with Crippen molar-refractivity contribution in [3.8, 4) is 0 Å². The minimum absolute atomic E-state index is 0.0471. The topological polar surface area (TPSA) is 86.8 Å². The minimum Gasteiger partial charge on any atom is -0.354 e. The Balaban J connectivity index is 2.46. The monoisotopic (exact) mass is 625 g/mol. The van der Waals surface area contributed by atoms with Crippen molar-refractivity contribution in [2.45, 2.75) is 45.5 Å². The Hall–Kier alpha value is -2.31. The van der Waals surface area contributed by atoms with Crippen molar-refractivity contribution in [2.75, 3.05) is 23.7 Å². The van der Waals surface area contributed by atoms with E-state index >= 15 is 0 Å². The van der Waals surface area contributed by atoms with Crippen molar-refractivity contribution in [3.63, 3.8) is 0 Å². The van der Waals surface area contributed by atoms with Crippen LogP contribution in [-0.4, -0.2) is 50.5 Å². The average Bonchev–Trinajstić information content (AvgIpc) is 2.79. The van der Waals surface area contributed by atoms with Crippen LogP contribution in [0.1, 0.15) is 37.8 Å². The third kappa shape index (κ3) is 8.89. The minimum atomic E-state index is -4.76. The van der Waals surface area contributed by atoms with Crippen molar-refractivity contribution in [1.29, 1.82) is 0 Å². The highest BCUT2D eigenvalue weighted by Crippen LogP contribution is 2.36. The van der Waals surface area contributed by atoms with Crippen molar-refractivity contribution >= 4 is 55.1 Å². The summed E-state index contributed by atoms with van der Waals surface area (Å²) >= 11 is 9.42. The molecule has 7 nitrogen and oxygen atoms in total. The van der Waals surface area contributed by atoms with Crippen molar-refractivity contribution < 1.29 is 31.2 Å². The summed E-state index contributed by atoms with van der Waals surface area (Å²) in [6.07, 6.45) is -2.43. The zero-order valence-corrected chi connectivity index (χ0v) is 23.6. The molecule has 0 bridgehead atoms. The fourth-order valence-corrected chi connectivity index (χ4v) is 5.00. The number of benzene rings is 2. The molecular formula is C24H28BrClF3N3O4S. The summed E-state index contributed by atoms with van der Waals surface area (Å²) in [6.45, 7) is 2.94. The molecular weight excluding hydrogens is 599 g/mol. The van der Waals surface area contributed by atoms with Gasteiger partial charge in [0.2, 0.25) is 21.8 Å². The highest BCUT2D eigenvalue weighted by molar-refractivity contribution is 9.10. The number of hydrogen-bond donors (Lipinski definition) is 1. The lowest BCUT2D eigenvalue weighted by molar-refractivity contribution is -0.139. The molecule has 2 aromatic carbocycles. The molecule has 0 heterocycles. The van der Waals surface area contributed by atoms with Gasteiger partial charge in [-0.3, -0.25) is 13.9 Å². The summed E-state index contributed by atoms with van der Waals surface area (Å²) in [6, 6.07) is 8.20. The van der Waals surface area contributed by atoms with Gasteiger partial charge in [-0.2, -0.15) is 13.2 Å². The second-order valence-electron chi connectivity index (χ2n) is 8.41. The van der Waals surface area contributed by atoms with Gasteiger partial charge in [-0.05, 0) is 49.2 Å². The molecule has 0 spiro atoms. The molecule has 2 rings (SSSR count). The number of carbonyl (C=O) groups excluding carboxylic acids is 2. The quantitative estimate of drug-likeness (QED) is 0.347. The molecule has 37 heavy (non-hydrogen) atoms. The van der Waals surface area contributed by atoms with E-state index in [-0.39, 0.29) is 11.6 Å². The molecule has 1 N–H and O–H groups in total. The van der Waals surface area contributed by atoms with Crippen LogP contribution in [0.25, 0.3) is 0 Å². The van der Waals surface area contributed by atoms with Gasteiger partial charge in [0.25, 0.3) is 0 Å². The van der Waals surface area contributed by atoms with Gasteiger partial charge in [0.15, 0.2) is 0 Å². The van der Waals surface area contributed by atoms with E-state index in [0.29, 0.717) is 22.5 Å². The molecule has 0 saturated heterocycles. The third-order valence-corrected chi connectivity index (χ3v) is 7.40. The van der Waals surface area contributed by atoms with Crippen LogP contribution in [-0.2, 0) is 32.3 Å². The Bertz CT molecular complexity index is 1230. The van der Waals surface area contributed by atoms with E-state index < -0.39 is 51.9 Å². The number of nitrogens with one attached hydrogen (secondary N) is 1. The summed E-state index contributed by atoms with van der Waals surface area (Å²) in [5, 5.41) is 2.46. The Morgan fingerprint density at radius 1 is 1.16 bits per heavy atom. The molecule has 0 saturated carbocycles. The van der Waals surface area contributed by atoms with Crippen LogP contribution in [0.15, 0.2) is 46.9 Å². The second-order valence-corrected chi connectivity index (χ2v) is 11.6. The Morgan fingerprint density at radius 2 is 1.84 bits per heavy atom. The molecule has 0 aliphatic rings. The van der Waals surface area contributed by atoms with Gasteiger partial charge in [0.1, 0.15) is 12.6 Å². The highest BCUT2D eigenvalue weighted by atomic mass is 79.9. The number of sulfonamides is 1. The molecule has 13 heteroatoms. The number of carbonyl (C=O) groups is 2. The predicted molar refractivity (Wildman–Crippen MR) is 141 cm³/mol. The fourth-order valence-electron chi connectivity index (χ4n) is 3.43. The number of unbranched alkanes of at least 4 members (excludes halogenated alkanes) is 1. The summed E-state index contributed by atoms with van der Waals surface area (Å²) < 4.78 is 66.4. The molecule has 0 fully saturated rings. The molecule has 2 amide bonds. The lowest BCUT2D eigenvalue weighted by Crippen LogP contribution is -2.51. The lowest BCUT2D eigenvalue weighted by Gasteiger charge is -2.32. The van der Waals surface area contributed by atoms with E-state index in [4.69, 9.17) is 11.6 Å². The predicted octanol–water partition coefficient (Wildman–Crippen LogP) is 5.22. The normalized spacial score (nSPS) is 12.6. The molecule has 0 radical (unpaired) electrons. The van der Waals surface area contributed by atoms with Crippen molar-refractivity contribution in [3.05, 3.63) is 63.1 Å². The lowest BCUT2D eigenvalue weighted by atomic mass is 10.1. The summed E-state index contributed by atoms with van der Waals surface area (Å²) in [7, 11) is -4.25. The van der Waals surface area contributed by atoms with E-state index in [1.165, 1.54) is 11.8 Å². The highest BCUT2D eigenvalue weighted by Gasteiger charge is 2.34. The van der Waals surface area contributed by atoms with Crippen molar-refractivity contribution in [1.82, 2.24) is 10.2 Å². The van der Waals surface area contributed by atoms with Gasteiger partial charge in [-0.15, -0.1) is 0 Å². The van der Waals surface area contributed by atoms with E-state index in [0.717, 1.165) is 35.7 Å². The van der Waals surface area contributed by atoms with Crippen molar-refractivity contribution in [2.24, 2.45) is 0 Å². The number of alkyl halides is 3. The van der Waals surface area contributed by atoms with E-state index in [9.17, 15) is 31.2 Å². The number of halogens is 5. The standard InChI is InChI=1S/C24H28BrClF3N3O4S/c1-4-5-11-30-23(34)16(2)31(14-17-7-6-8-19(25)12-17)22(33)15-32(37(3,35)36)21-13-18(24(27,28)29)9-10-20(21)26/h6-10,12-13,16H,4-5,11,14-15H2,1-3H3,(H,30,34). The number of rotatable bonds is 11. The third-order valence-electron chi connectivity index (χ3n) is 5.46. The van der Waals surface area contributed by atoms with Crippen LogP contribution in [0.5, 0.6) is 0 Å². The smallest absolute Gasteiger partial charge is 0.354 e. The average molecular weight is 627 g/mol. The van der Waals surface area contributed by atoms with Crippen LogP contribution in [0.4, 0.5) is 18.9 Å². The van der Waals surface area contributed by atoms with Crippen LogP contribution in [0, 0.1) is 0 Å². The van der Waals surface area contributed by atoms with E-state index in [1.54, 1.807) is 24.3 Å². The first-order valence-electron chi connectivity index (χ1n) is 11.3. The number of hydrogen-bond acceptors (Lipinski definition) is 4. The first kappa shape index (κ1) is 30.9. The largest absolute Gasteiger partial charge is 0.416 e. The SMILES string of the molecule is CCCCNC(=O)C(C)N(Cc1cccc(Br)c1)C(=O)CN(c1cc(C(F)(F)F)ccc1Cl)S(C)(=O)=O. The Labute approximate surface area is 228 Å². The second kappa shape index (κ2) is 13.0. The maximum Gasteiger partial charge on any atom is 0.416 e. The number of nitrogens with zero attached hydrogens (tertiary/aromatic N) is 2.